The average molecular weight is 343 g/mol. The van der Waals surface area contributed by atoms with Crippen molar-refractivity contribution in [1.82, 2.24) is 15.0 Å². The van der Waals surface area contributed by atoms with Crippen molar-refractivity contribution in [2.45, 2.75) is 6.54 Å². The van der Waals surface area contributed by atoms with Gasteiger partial charge in [0.15, 0.2) is 11.6 Å². The zero-order valence-corrected chi connectivity index (χ0v) is 13.7. The van der Waals surface area contributed by atoms with E-state index in [1.165, 1.54) is 12.1 Å². The van der Waals surface area contributed by atoms with Crippen LogP contribution in [0.2, 0.25) is 0 Å². The van der Waals surface area contributed by atoms with E-state index in [0.29, 0.717) is 18.2 Å². The Morgan fingerprint density at radius 1 is 0.885 bits per heavy atom. The van der Waals surface area contributed by atoms with Gasteiger partial charge in [-0.15, -0.1) is 5.11 Å². The van der Waals surface area contributed by atoms with Crippen molar-refractivity contribution in [3.63, 3.8) is 0 Å². The lowest BCUT2D eigenvalue weighted by Gasteiger charge is -2.05. The molecule has 126 valence electrons. The predicted molar refractivity (Wildman–Crippen MR) is 97.4 cm³/mol. The molecular formula is C20H14FN5. The fraction of sp³-hybridized carbons (Fsp3) is 0.0500. The molecule has 0 N–H and O–H groups in total. The van der Waals surface area contributed by atoms with Crippen molar-refractivity contribution in [3.05, 3.63) is 84.4 Å². The van der Waals surface area contributed by atoms with Crippen LogP contribution in [-0.4, -0.2) is 15.0 Å². The number of azo groups is 1. The molecule has 2 aromatic carbocycles. The summed E-state index contributed by atoms with van der Waals surface area (Å²) in [7, 11) is 0. The first-order valence-electron chi connectivity index (χ1n) is 8.09. The Morgan fingerprint density at radius 3 is 2.54 bits per heavy atom. The summed E-state index contributed by atoms with van der Waals surface area (Å²) in [5, 5.41) is 9.34. The second kappa shape index (κ2) is 7.14. The fourth-order valence-corrected chi connectivity index (χ4v) is 2.53. The van der Waals surface area contributed by atoms with Gasteiger partial charge in [-0.3, -0.25) is 4.98 Å². The van der Waals surface area contributed by atoms with Crippen molar-refractivity contribution < 1.29 is 4.39 Å². The summed E-state index contributed by atoms with van der Waals surface area (Å²) < 4.78 is 13.0. The van der Waals surface area contributed by atoms with Gasteiger partial charge >= 0.3 is 0 Å². The van der Waals surface area contributed by atoms with Gasteiger partial charge in [0, 0.05) is 23.3 Å². The predicted octanol–water partition coefficient (Wildman–Crippen LogP) is 5.11. The van der Waals surface area contributed by atoms with Gasteiger partial charge in [-0.2, -0.15) is 5.11 Å². The Labute approximate surface area is 149 Å². The number of hydrogen-bond donors (Lipinski definition) is 0. The van der Waals surface area contributed by atoms with E-state index in [1.807, 2.05) is 36.4 Å². The van der Waals surface area contributed by atoms with E-state index in [0.717, 1.165) is 22.0 Å². The molecule has 26 heavy (non-hydrogen) atoms. The molecule has 0 amide bonds. The minimum absolute atomic E-state index is 0.270. The molecule has 6 heteroatoms. The third kappa shape index (κ3) is 3.44. The standard InChI is InChI=1S/C20H14FN5/c21-16-9-7-14(8-10-16)12-23-26-20-17-5-1-2-6-18(17)24-19(25-20)15-4-3-11-22-13-15/h1-11,13H,12H2. The molecule has 0 atom stereocenters. The molecule has 0 fully saturated rings. The number of aromatic nitrogens is 3. The van der Waals surface area contributed by atoms with Crippen LogP contribution in [0.5, 0.6) is 0 Å². The number of nitrogens with zero attached hydrogens (tertiary/aromatic N) is 5. The Kier molecular flexibility index (Phi) is 4.38. The molecule has 0 aliphatic heterocycles. The number of fused-ring (bicyclic) bond motifs is 1. The number of benzene rings is 2. The minimum atomic E-state index is -0.270. The molecule has 0 aliphatic carbocycles. The van der Waals surface area contributed by atoms with E-state index in [1.54, 1.807) is 24.5 Å². The average Bonchev–Trinajstić information content (AvgIpc) is 2.70. The lowest BCUT2D eigenvalue weighted by Crippen LogP contribution is -1.91. The second-order valence-electron chi connectivity index (χ2n) is 5.66. The first kappa shape index (κ1) is 16.0. The maximum atomic E-state index is 13.0. The third-order valence-corrected chi connectivity index (χ3v) is 3.83. The van der Waals surface area contributed by atoms with Gasteiger partial charge in [0.1, 0.15) is 5.82 Å². The summed E-state index contributed by atoms with van der Waals surface area (Å²) in [4.78, 5) is 13.2. The van der Waals surface area contributed by atoms with E-state index in [9.17, 15) is 4.39 Å². The fourth-order valence-electron chi connectivity index (χ4n) is 2.53. The topological polar surface area (TPSA) is 63.4 Å². The first-order valence-corrected chi connectivity index (χ1v) is 8.09. The van der Waals surface area contributed by atoms with Gasteiger partial charge in [0.2, 0.25) is 0 Å². The van der Waals surface area contributed by atoms with Gasteiger partial charge in [0.05, 0.1) is 12.1 Å². The van der Waals surface area contributed by atoms with Crippen LogP contribution in [0.3, 0.4) is 0 Å². The smallest absolute Gasteiger partial charge is 0.185 e. The Bertz CT molecular complexity index is 1060. The van der Waals surface area contributed by atoms with Crippen molar-refractivity contribution in [1.29, 1.82) is 0 Å². The van der Waals surface area contributed by atoms with E-state index in [4.69, 9.17) is 0 Å². The quantitative estimate of drug-likeness (QED) is 0.483. The Balaban J connectivity index is 1.71. The van der Waals surface area contributed by atoms with Crippen molar-refractivity contribution in [2.75, 3.05) is 0 Å². The molecule has 0 saturated heterocycles. The van der Waals surface area contributed by atoms with E-state index < -0.39 is 0 Å². The van der Waals surface area contributed by atoms with Crippen LogP contribution in [0, 0.1) is 5.82 Å². The van der Waals surface area contributed by atoms with Crippen molar-refractivity contribution in [2.24, 2.45) is 10.2 Å². The van der Waals surface area contributed by atoms with E-state index >= 15 is 0 Å². The largest absolute Gasteiger partial charge is 0.264 e. The maximum Gasteiger partial charge on any atom is 0.185 e. The summed E-state index contributed by atoms with van der Waals surface area (Å²) in [5.74, 6) is 0.776. The summed E-state index contributed by atoms with van der Waals surface area (Å²) >= 11 is 0. The number of para-hydroxylation sites is 1. The van der Waals surface area contributed by atoms with Crippen LogP contribution in [0.4, 0.5) is 10.2 Å². The van der Waals surface area contributed by atoms with Gasteiger partial charge in [0.25, 0.3) is 0 Å². The molecule has 0 spiro atoms. The van der Waals surface area contributed by atoms with Crippen molar-refractivity contribution in [3.8, 4) is 11.4 Å². The molecule has 5 nitrogen and oxygen atoms in total. The molecule has 0 unspecified atom stereocenters. The zero-order chi connectivity index (χ0) is 17.8. The Hall–Kier alpha value is -3.54. The monoisotopic (exact) mass is 343 g/mol. The van der Waals surface area contributed by atoms with Gasteiger partial charge in [-0.05, 0) is 42.0 Å². The van der Waals surface area contributed by atoms with Crippen LogP contribution < -0.4 is 0 Å². The van der Waals surface area contributed by atoms with Gasteiger partial charge in [-0.25, -0.2) is 14.4 Å². The first-order chi connectivity index (χ1) is 12.8. The lowest BCUT2D eigenvalue weighted by molar-refractivity contribution is 0.627. The minimum Gasteiger partial charge on any atom is -0.264 e. The van der Waals surface area contributed by atoms with Gasteiger partial charge < -0.3 is 0 Å². The molecule has 2 aromatic heterocycles. The summed E-state index contributed by atoms with van der Waals surface area (Å²) in [6, 6.07) is 17.6. The molecular weight excluding hydrogens is 329 g/mol. The maximum absolute atomic E-state index is 13.0. The lowest BCUT2D eigenvalue weighted by atomic mass is 10.2. The molecule has 4 rings (SSSR count). The summed E-state index contributed by atoms with van der Waals surface area (Å²) in [6.45, 7) is 0.348. The van der Waals surface area contributed by atoms with Crippen molar-refractivity contribution >= 4 is 16.7 Å². The van der Waals surface area contributed by atoms with Crippen LogP contribution in [0.15, 0.2) is 83.3 Å². The molecule has 4 aromatic rings. The number of pyridine rings is 1. The van der Waals surface area contributed by atoms with Crippen LogP contribution in [0.1, 0.15) is 5.56 Å². The van der Waals surface area contributed by atoms with Crippen LogP contribution >= 0.6 is 0 Å². The zero-order valence-electron chi connectivity index (χ0n) is 13.7. The highest BCUT2D eigenvalue weighted by Gasteiger charge is 2.09. The number of rotatable bonds is 4. The molecule has 0 aliphatic rings. The second-order valence-corrected chi connectivity index (χ2v) is 5.66. The van der Waals surface area contributed by atoms with Crippen LogP contribution in [0.25, 0.3) is 22.3 Å². The molecule has 2 heterocycles. The van der Waals surface area contributed by atoms with Crippen LogP contribution in [-0.2, 0) is 6.54 Å². The third-order valence-electron chi connectivity index (χ3n) is 3.83. The molecule has 0 saturated carbocycles. The van der Waals surface area contributed by atoms with E-state index in [2.05, 4.69) is 25.2 Å². The Morgan fingerprint density at radius 2 is 1.73 bits per heavy atom. The highest BCUT2D eigenvalue weighted by molar-refractivity contribution is 5.88. The summed E-state index contributed by atoms with van der Waals surface area (Å²) in [6.07, 6.45) is 3.41. The summed E-state index contributed by atoms with van der Waals surface area (Å²) in [5.41, 5.74) is 2.48. The normalized spacial score (nSPS) is 11.3. The number of halogens is 1. The van der Waals surface area contributed by atoms with Gasteiger partial charge in [-0.1, -0.05) is 24.3 Å². The highest BCUT2D eigenvalue weighted by Crippen LogP contribution is 2.26. The SMILES string of the molecule is Fc1ccc(CN=Nc2nc(-c3cccnc3)nc3ccccc23)cc1. The molecule has 0 bridgehead atoms. The van der Waals surface area contributed by atoms with E-state index in [-0.39, 0.29) is 5.82 Å². The number of hydrogen-bond acceptors (Lipinski definition) is 5. The molecule has 0 radical (unpaired) electrons. The highest BCUT2D eigenvalue weighted by atomic mass is 19.1.